The van der Waals surface area contributed by atoms with Gasteiger partial charge in [0.1, 0.15) is 5.75 Å². The van der Waals surface area contributed by atoms with Crippen molar-refractivity contribution in [2.45, 2.75) is 13.5 Å². The van der Waals surface area contributed by atoms with Gasteiger partial charge in [-0.05, 0) is 47.0 Å². The van der Waals surface area contributed by atoms with Gasteiger partial charge in [0.2, 0.25) is 0 Å². The third-order valence-corrected chi connectivity index (χ3v) is 6.45. The summed E-state index contributed by atoms with van der Waals surface area (Å²) in [5, 5.41) is 2.91. The number of carbonyl (C=O) groups excluding carboxylic acids is 1. The molecule has 5 heteroatoms. The Hall–Kier alpha value is -3.70. The molecule has 0 bridgehead atoms. The molecule has 32 heavy (non-hydrogen) atoms. The number of fused-ring (bicyclic) bond motifs is 2. The molecule has 5 aromatic rings. The zero-order valence-electron chi connectivity index (χ0n) is 17.7. The molecule has 0 fully saturated rings. The number of carbonyl (C=O) groups is 1. The number of hydrogen-bond donors (Lipinski definition) is 0. The summed E-state index contributed by atoms with van der Waals surface area (Å²) < 4.78 is 6.97. The van der Waals surface area contributed by atoms with Crippen molar-refractivity contribution >= 4 is 43.4 Å². The number of nitrogens with zero attached hydrogens (tertiary/aromatic N) is 2. The van der Waals surface area contributed by atoms with E-state index < -0.39 is 0 Å². The molecule has 4 aromatic carbocycles. The number of hydrogen-bond acceptors (Lipinski definition) is 4. The van der Waals surface area contributed by atoms with Crippen molar-refractivity contribution in [2.24, 2.45) is 0 Å². The fourth-order valence-electron chi connectivity index (χ4n) is 3.70. The van der Waals surface area contributed by atoms with Crippen LogP contribution in [0.3, 0.4) is 0 Å². The quantitative estimate of drug-likeness (QED) is 0.309. The summed E-state index contributed by atoms with van der Waals surface area (Å²) >= 11 is 1.53. The molecule has 0 unspecified atom stereocenters. The lowest BCUT2D eigenvalue weighted by atomic mass is 10.1. The molecule has 0 aliphatic heterocycles. The van der Waals surface area contributed by atoms with Crippen LogP contribution in [-0.4, -0.2) is 17.5 Å². The van der Waals surface area contributed by atoms with E-state index in [-0.39, 0.29) is 12.5 Å². The summed E-state index contributed by atoms with van der Waals surface area (Å²) in [7, 11) is 0. The Kier molecular flexibility index (Phi) is 5.57. The van der Waals surface area contributed by atoms with Gasteiger partial charge in [-0.1, -0.05) is 84.1 Å². The predicted molar refractivity (Wildman–Crippen MR) is 131 cm³/mol. The second-order valence-corrected chi connectivity index (χ2v) is 8.69. The number of ether oxygens (including phenoxy) is 1. The Morgan fingerprint density at radius 1 is 0.906 bits per heavy atom. The van der Waals surface area contributed by atoms with Crippen molar-refractivity contribution in [1.29, 1.82) is 0 Å². The summed E-state index contributed by atoms with van der Waals surface area (Å²) in [6.45, 7) is 2.43. The normalized spacial score (nSPS) is 11.0. The molecular formula is C27H22N2O2S. The Balaban J connectivity index is 1.41. The van der Waals surface area contributed by atoms with Crippen molar-refractivity contribution in [3.8, 4) is 5.75 Å². The van der Waals surface area contributed by atoms with E-state index in [2.05, 4.69) is 6.07 Å². The van der Waals surface area contributed by atoms with Gasteiger partial charge >= 0.3 is 0 Å². The lowest BCUT2D eigenvalue weighted by Gasteiger charge is -2.20. The molecule has 5 rings (SSSR count). The smallest absolute Gasteiger partial charge is 0.267 e. The summed E-state index contributed by atoms with van der Waals surface area (Å²) in [6.07, 6.45) is 0. The zero-order chi connectivity index (χ0) is 21.9. The third-order valence-electron chi connectivity index (χ3n) is 5.41. The molecule has 0 saturated carbocycles. The average molecular weight is 439 g/mol. The van der Waals surface area contributed by atoms with E-state index in [1.54, 1.807) is 4.90 Å². The SMILES string of the molecule is Cc1cccc2sc(N(Cc3ccccc3)C(=O)COc3ccc4ccccc4c3)nc12. The average Bonchev–Trinajstić information content (AvgIpc) is 3.27. The van der Waals surface area contributed by atoms with E-state index in [1.807, 2.05) is 91.9 Å². The van der Waals surface area contributed by atoms with Gasteiger partial charge in [0, 0.05) is 0 Å². The van der Waals surface area contributed by atoms with Crippen LogP contribution in [0.15, 0.2) is 91.0 Å². The van der Waals surface area contributed by atoms with Gasteiger partial charge in [-0.3, -0.25) is 9.69 Å². The first-order valence-corrected chi connectivity index (χ1v) is 11.3. The number of anilines is 1. The molecule has 1 heterocycles. The van der Waals surface area contributed by atoms with E-state index in [4.69, 9.17) is 9.72 Å². The fraction of sp³-hybridized carbons (Fsp3) is 0.111. The van der Waals surface area contributed by atoms with Gasteiger partial charge in [-0.2, -0.15) is 0 Å². The van der Waals surface area contributed by atoms with Crippen molar-refractivity contribution in [3.63, 3.8) is 0 Å². The van der Waals surface area contributed by atoms with Gasteiger partial charge in [-0.25, -0.2) is 4.98 Å². The largest absolute Gasteiger partial charge is 0.484 e. The van der Waals surface area contributed by atoms with E-state index in [9.17, 15) is 4.79 Å². The Bertz CT molecular complexity index is 1400. The molecule has 0 spiro atoms. The zero-order valence-corrected chi connectivity index (χ0v) is 18.5. The number of aromatic nitrogens is 1. The number of benzene rings is 4. The summed E-state index contributed by atoms with van der Waals surface area (Å²) in [6, 6.07) is 30.0. The van der Waals surface area contributed by atoms with E-state index in [1.165, 1.54) is 11.3 Å². The van der Waals surface area contributed by atoms with Crippen LogP contribution in [0.25, 0.3) is 21.0 Å². The highest BCUT2D eigenvalue weighted by Gasteiger charge is 2.21. The van der Waals surface area contributed by atoms with Crippen LogP contribution in [0, 0.1) is 6.92 Å². The third kappa shape index (κ3) is 4.20. The number of para-hydroxylation sites is 1. The second-order valence-electron chi connectivity index (χ2n) is 7.68. The number of aryl methyl sites for hydroxylation is 1. The first kappa shape index (κ1) is 20.2. The topological polar surface area (TPSA) is 42.4 Å². The molecular weight excluding hydrogens is 416 g/mol. The predicted octanol–water partition coefficient (Wildman–Crippen LogP) is 6.37. The Labute approximate surface area is 190 Å². The van der Waals surface area contributed by atoms with Gasteiger partial charge in [0.25, 0.3) is 5.91 Å². The second kappa shape index (κ2) is 8.81. The van der Waals surface area contributed by atoms with E-state index in [0.29, 0.717) is 17.4 Å². The lowest BCUT2D eigenvalue weighted by Crippen LogP contribution is -2.34. The van der Waals surface area contributed by atoms with Crippen LogP contribution < -0.4 is 9.64 Å². The van der Waals surface area contributed by atoms with E-state index in [0.717, 1.165) is 32.1 Å². The van der Waals surface area contributed by atoms with Gasteiger partial charge < -0.3 is 4.74 Å². The standard InChI is InChI=1S/C27H22N2O2S/c1-19-8-7-13-24-26(19)28-27(32-24)29(17-20-9-3-2-4-10-20)25(30)18-31-23-15-14-21-11-5-6-12-22(21)16-23/h2-16H,17-18H2,1H3. The summed E-state index contributed by atoms with van der Waals surface area (Å²) in [5.41, 5.74) is 3.08. The maximum Gasteiger partial charge on any atom is 0.267 e. The van der Waals surface area contributed by atoms with Crippen LogP contribution in [0.2, 0.25) is 0 Å². The first-order valence-electron chi connectivity index (χ1n) is 10.5. The van der Waals surface area contributed by atoms with Crippen LogP contribution in [0.4, 0.5) is 5.13 Å². The molecule has 0 atom stereocenters. The number of amides is 1. The van der Waals surface area contributed by atoms with Crippen LogP contribution in [-0.2, 0) is 11.3 Å². The van der Waals surface area contributed by atoms with Gasteiger partial charge in [0.05, 0.1) is 16.8 Å². The monoisotopic (exact) mass is 438 g/mol. The highest BCUT2D eigenvalue weighted by atomic mass is 32.1. The maximum absolute atomic E-state index is 13.3. The molecule has 158 valence electrons. The van der Waals surface area contributed by atoms with Crippen molar-refractivity contribution in [3.05, 3.63) is 102 Å². The molecule has 0 radical (unpaired) electrons. The minimum Gasteiger partial charge on any atom is -0.484 e. The lowest BCUT2D eigenvalue weighted by molar-refractivity contribution is -0.120. The van der Waals surface area contributed by atoms with Crippen molar-refractivity contribution in [2.75, 3.05) is 11.5 Å². The minimum atomic E-state index is -0.126. The van der Waals surface area contributed by atoms with Crippen LogP contribution >= 0.6 is 11.3 Å². The number of rotatable bonds is 6. The fourth-order valence-corrected chi connectivity index (χ4v) is 4.76. The first-order chi connectivity index (χ1) is 15.7. The Morgan fingerprint density at radius 2 is 1.69 bits per heavy atom. The van der Waals surface area contributed by atoms with Crippen molar-refractivity contribution < 1.29 is 9.53 Å². The molecule has 0 saturated heterocycles. The summed E-state index contributed by atoms with van der Waals surface area (Å²) in [5.74, 6) is 0.551. The van der Waals surface area contributed by atoms with Gasteiger partial charge in [0.15, 0.2) is 11.7 Å². The van der Waals surface area contributed by atoms with E-state index >= 15 is 0 Å². The molecule has 4 nitrogen and oxygen atoms in total. The molecule has 0 N–H and O–H groups in total. The van der Waals surface area contributed by atoms with Crippen LogP contribution in [0.1, 0.15) is 11.1 Å². The summed E-state index contributed by atoms with van der Waals surface area (Å²) in [4.78, 5) is 19.8. The van der Waals surface area contributed by atoms with Gasteiger partial charge in [-0.15, -0.1) is 0 Å². The molecule has 0 aliphatic carbocycles. The minimum absolute atomic E-state index is 0.0555. The molecule has 1 amide bonds. The van der Waals surface area contributed by atoms with Crippen LogP contribution in [0.5, 0.6) is 5.75 Å². The molecule has 0 aliphatic rings. The number of thiazole rings is 1. The maximum atomic E-state index is 13.3. The molecule has 1 aromatic heterocycles. The Morgan fingerprint density at radius 3 is 2.50 bits per heavy atom. The van der Waals surface area contributed by atoms with Crippen molar-refractivity contribution in [1.82, 2.24) is 4.98 Å². The highest BCUT2D eigenvalue weighted by molar-refractivity contribution is 7.22. The highest BCUT2D eigenvalue weighted by Crippen LogP contribution is 2.31.